The molecular weight excluding hydrogens is 162 g/mol. The van der Waals surface area contributed by atoms with Crippen LogP contribution in [0.4, 0.5) is 5.69 Å². The fourth-order valence-corrected chi connectivity index (χ4v) is 0.735. The lowest BCUT2D eigenvalue weighted by atomic mass is 10.5. The molecule has 0 saturated carbocycles. The Morgan fingerprint density at radius 2 is 2.58 bits per heavy atom. The van der Waals surface area contributed by atoms with E-state index < -0.39 is 0 Å². The van der Waals surface area contributed by atoms with Gasteiger partial charge in [0.05, 0.1) is 19.3 Å². The number of hydrogen-bond acceptors (Lipinski definition) is 6. The summed E-state index contributed by atoms with van der Waals surface area (Å²) in [7, 11) is 1.57. The van der Waals surface area contributed by atoms with E-state index in [2.05, 4.69) is 9.68 Å². The van der Waals surface area contributed by atoms with Crippen LogP contribution in [0.5, 0.6) is 5.95 Å². The zero-order valence-corrected chi connectivity index (χ0v) is 6.73. The van der Waals surface area contributed by atoms with Crippen molar-refractivity contribution in [2.45, 2.75) is 0 Å². The standard InChI is InChI=1S/C6H11N3O3/c1-11-3-2-9(7)5-4-8-12-6(5)10/h4,10H,2-3,7H2,1H3. The minimum atomic E-state index is -0.284. The van der Waals surface area contributed by atoms with Crippen LogP contribution in [-0.4, -0.2) is 30.5 Å². The quantitative estimate of drug-likeness (QED) is 0.480. The summed E-state index contributed by atoms with van der Waals surface area (Å²) in [5, 5.41) is 13.7. The summed E-state index contributed by atoms with van der Waals surface area (Å²) in [6.07, 6.45) is 1.34. The number of hydrazine groups is 1. The maximum Gasteiger partial charge on any atom is 0.333 e. The van der Waals surface area contributed by atoms with E-state index >= 15 is 0 Å². The second kappa shape index (κ2) is 3.93. The van der Waals surface area contributed by atoms with Gasteiger partial charge in [-0.3, -0.25) is 0 Å². The topological polar surface area (TPSA) is 84.8 Å². The zero-order valence-electron chi connectivity index (χ0n) is 6.73. The van der Waals surface area contributed by atoms with Crippen molar-refractivity contribution in [2.75, 3.05) is 25.3 Å². The Morgan fingerprint density at radius 3 is 3.08 bits per heavy atom. The molecule has 1 aromatic rings. The van der Waals surface area contributed by atoms with Crippen LogP contribution in [0.15, 0.2) is 10.7 Å². The maximum atomic E-state index is 9.03. The molecule has 3 N–H and O–H groups in total. The molecule has 0 atom stereocenters. The molecule has 68 valence electrons. The predicted molar refractivity (Wildman–Crippen MR) is 41.6 cm³/mol. The summed E-state index contributed by atoms with van der Waals surface area (Å²) in [5.74, 6) is 5.24. The van der Waals surface area contributed by atoms with Crippen LogP contribution in [0.1, 0.15) is 0 Å². The Kier molecular flexibility index (Phi) is 2.89. The highest BCUT2D eigenvalue weighted by atomic mass is 16.5. The highest BCUT2D eigenvalue weighted by Crippen LogP contribution is 2.23. The van der Waals surface area contributed by atoms with E-state index in [-0.39, 0.29) is 5.95 Å². The van der Waals surface area contributed by atoms with Gasteiger partial charge in [-0.25, -0.2) is 5.84 Å². The van der Waals surface area contributed by atoms with Crippen LogP contribution in [0.3, 0.4) is 0 Å². The Labute approximate surface area is 69.5 Å². The van der Waals surface area contributed by atoms with Crippen LogP contribution < -0.4 is 10.9 Å². The smallest absolute Gasteiger partial charge is 0.333 e. The summed E-state index contributed by atoms with van der Waals surface area (Å²) >= 11 is 0. The van der Waals surface area contributed by atoms with Gasteiger partial charge in [0, 0.05) is 7.11 Å². The first-order valence-corrected chi connectivity index (χ1v) is 3.40. The first-order valence-electron chi connectivity index (χ1n) is 3.40. The van der Waals surface area contributed by atoms with Crippen LogP contribution >= 0.6 is 0 Å². The molecule has 12 heavy (non-hydrogen) atoms. The Hall–Kier alpha value is -1.27. The van der Waals surface area contributed by atoms with Crippen LogP contribution in [0.25, 0.3) is 0 Å². The van der Waals surface area contributed by atoms with Crippen molar-refractivity contribution in [3.63, 3.8) is 0 Å². The molecule has 0 saturated heterocycles. The molecule has 0 unspecified atom stereocenters. The van der Waals surface area contributed by atoms with Crippen molar-refractivity contribution >= 4 is 5.69 Å². The monoisotopic (exact) mass is 173 g/mol. The van der Waals surface area contributed by atoms with Crippen LogP contribution in [0.2, 0.25) is 0 Å². The number of nitrogens with zero attached hydrogens (tertiary/aromatic N) is 2. The first kappa shape index (κ1) is 8.82. The van der Waals surface area contributed by atoms with Crippen molar-refractivity contribution in [2.24, 2.45) is 5.84 Å². The highest BCUT2D eigenvalue weighted by molar-refractivity contribution is 5.49. The number of methoxy groups -OCH3 is 1. The van der Waals surface area contributed by atoms with Gasteiger partial charge in [-0.2, -0.15) is 0 Å². The molecule has 1 rings (SSSR count). The summed E-state index contributed by atoms with van der Waals surface area (Å²) in [4.78, 5) is 0. The van der Waals surface area contributed by atoms with Crippen LogP contribution in [0, 0.1) is 0 Å². The summed E-state index contributed by atoms with van der Waals surface area (Å²) in [6, 6.07) is 0. The van der Waals surface area contributed by atoms with Gasteiger partial charge in [0.1, 0.15) is 0 Å². The molecule has 0 bridgehead atoms. The molecule has 1 heterocycles. The second-order valence-corrected chi connectivity index (χ2v) is 2.20. The van der Waals surface area contributed by atoms with Gasteiger partial charge in [-0.1, -0.05) is 5.16 Å². The highest BCUT2D eigenvalue weighted by Gasteiger charge is 2.10. The maximum absolute atomic E-state index is 9.03. The molecule has 1 aromatic heterocycles. The number of hydrogen-bond donors (Lipinski definition) is 2. The van der Waals surface area contributed by atoms with Crippen molar-refractivity contribution in [1.82, 2.24) is 5.16 Å². The molecule has 0 amide bonds. The predicted octanol–water partition coefficient (Wildman–Crippen LogP) is -0.293. The van der Waals surface area contributed by atoms with Crippen molar-refractivity contribution in [3.8, 4) is 5.95 Å². The SMILES string of the molecule is COCCN(N)c1cnoc1O. The normalized spacial score (nSPS) is 10.2. The zero-order chi connectivity index (χ0) is 8.97. The molecule has 0 aliphatic rings. The fraction of sp³-hybridized carbons (Fsp3) is 0.500. The minimum absolute atomic E-state index is 0.284. The average molecular weight is 173 g/mol. The third-order valence-corrected chi connectivity index (χ3v) is 1.38. The minimum Gasteiger partial charge on any atom is -0.478 e. The lowest BCUT2D eigenvalue weighted by molar-refractivity contribution is 0.205. The molecule has 0 spiro atoms. The molecule has 0 aliphatic heterocycles. The lowest BCUT2D eigenvalue weighted by Crippen LogP contribution is -2.33. The van der Waals surface area contributed by atoms with Crippen molar-refractivity contribution < 1.29 is 14.4 Å². The molecule has 6 nitrogen and oxygen atoms in total. The molecule has 0 fully saturated rings. The van der Waals surface area contributed by atoms with Gasteiger partial charge in [0.2, 0.25) is 0 Å². The van der Waals surface area contributed by atoms with E-state index in [0.29, 0.717) is 18.8 Å². The third kappa shape index (κ3) is 1.86. The second-order valence-electron chi connectivity index (χ2n) is 2.20. The van der Waals surface area contributed by atoms with Gasteiger partial charge < -0.3 is 19.4 Å². The molecule has 0 aliphatic carbocycles. The number of nitrogens with two attached hydrogens (primary N) is 1. The molecule has 0 aromatic carbocycles. The van der Waals surface area contributed by atoms with E-state index in [1.54, 1.807) is 7.11 Å². The van der Waals surface area contributed by atoms with E-state index in [4.69, 9.17) is 15.7 Å². The molecule has 6 heteroatoms. The van der Waals surface area contributed by atoms with E-state index in [1.165, 1.54) is 11.2 Å². The van der Waals surface area contributed by atoms with Gasteiger partial charge in [-0.05, 0) is 0 Å². The summed E-state index contributed by atoms with van der Waals surface area (Å²) in [5.41, 5.74) is 0.354. The van der Waals surface area contributed by atoms with Gasteiger partial charge in [0.15, 0.2) is 5.69 Å². The van der Waals surface area contributed by atoms with Gasteiger partial charge in [-0.15, -0.1) is 0 Å². The lowest BCUT2D eigenvalue weighted by Gasteiger charge is -2.14. The van der Waals surface area contributed by atoms with Crippen molar-refractivity contribution in [1.29, 1.82) is 0 Å². The number of ether oxygens (including phenoxy) is 1. The number of aromatic nitrogens is 1. The number of rotatable bonds is 4. The largest absolute Gasteiger partial charge is 0.478 e. The van der Waals surface area contributed by atoms with E-state index in [0.717, 1.165) is 0 Å². The number of aromatic hydroxyl groups is 1. The fourth-order valence-electron chi connectivity index (χ4n) is 0.735. The summed E-state index contributed by atoms with van der Waals surface area (Å²) < 4.78 is 9.20. The molecule has 0 radical (unpaired) electrons. The van der Waals surface area contributed by atoms with Crippen LogP contribution in [-0.2, 0) is 4.74 Å². The average Bonchev–Trinajstić information content (AvgIpc) is 2.47. The molecular formula is C6H11N3O3. The Morgan fingerprint density at radius 1 is 1.83 bits per heavy atom. The van der Waals surface area contributed by atoms with Gasteiger partial charge >= 0.3 is 5.95 Å². The first-order chi connectivity index (χ1) is 5.75. The van der Waals surface area contributed by atoms with E-state index in [9.17, 15) is 0 Å². The van der Waals surface area contributed by atoms with Gasteiger partial charge in [0.25, 0.3) is 0 Å². The number of anilines is 1. The Balaban J connectivity index is 2.52. The third-order valence-electron chi connectivity index (χ3n) is 1.38. The van der Waals surface area contributed by atoms with E-state index in [1.807, 2.05) is 0 Å². The Bertz CT molecular complexity index is 238. The summed E-state index contributed by atoms with van der Waals surface area (Å²) in [6.45, 7) is 0.937. The van der Waals surface area contributed by atoms with Crippen molar-refractivity contribution in [3.05, 3.63) is 6.20 Å².